The first kappa shape index (κ1) is 17.1. The summed E-state index contributed by atoms with van der Waals surface area (Å²) in [5.74, 6) is 1.41. The van der Waals surface area contributed by atoms with Crippen LogP contribution in [0.1, 0.15) is 31.2 Å². The number of methoxy groups -OCH3 is 2. The summed E-state index contributed by atoms with van der Waals surface area (Å²) in [6.07, 6.45) is 4.59. The van der Waals surface area contributed by atoms with Crippen molar-refractivity contribution in [3.8, 4) is 11.5 Å². The predicted molar refractivity (Wildman–Crippen MR) is 85.6 cm³/mol. The number of hydrogen-bond donors (Lipinski definition) is 2. The van der Waals surface area contributed by atoms with Gasteiger partial charge >= 0.3 is 0 Å². The van der Waals surface area contributed by atoms with Crippen LogP contribution in [0.4, 0.5) is 0 Å². The molecule has 1 aliphatic rings. The SMILES string of the molecule is COc1ccc(CCNS(=O)(=O)NC2CCCC2)c(OC)c1. The Hall–Kier alpha value is -1.31. The standard InChI is InChI=1S/C15H24N2O4S/c1-20-14-8-7-12(15(11-14)21-2)9-10-16-22(18,19)17-13-5-3-4-6-13/h7-8,11,13,16-17H,3-6,9-10H2,1-2H3. The van der Waals surface area contributed by atoms with Gasteiger partial charge in [-0.3, -0.25) is 0 Å². The maximum absolute atomic E-state index is 12.0. The van der Waals surface area contributed by atoms with Gasteiger partial charge in [-0.25, -0.2) is 4.72 Å². The largest absolute Gasteiger partial charge is 0.497 e. The van der Waals surface area contributed by atoms with E-state index >= 15 is 0 Å². The Labute approximate surface area is 132 Å². The molecule has 0 spiro atoms. The van der Waals surface area contributed by atoms with E-state index in [1.54, 1.807) is 20.3 Å². The molecule has 7 heteroatoms. The van der Waals surface area contributed by atoms with E-state index in [2.05, 4.69) is 9.44 Å². The minimum atomic E-state index is -3.43. The highest BCUT2D eigenvalue weighted by atomic mass is 32.2. The average molecular weight is 328 g/mol. The summed E-state index contributed by atoms with van der Waals surface area (Å²) >= 11 is 0. The highest BCUT2D eigenvalue weighted by Gasteiger charge is 2.20. The zero-order chi connectivity index (χ0) is 16.0. The number of hydrogen-bond acceptors (Lipinski definition) is 4. The van der Waals surface area contributed by atoms with Crippen LogP contribution in [-0.4, -0.2) is 35.2 Å². The predicted octanol–water partition coefficient (Wildman–Crippen LogP) is 1.61. The summed E-state index contributed by atoms with van der Waals surface area (Å²) in [7, 11) is -0.251. The number of benzene rings is 1. The van der Waals surface area contributed by atoms with E-state index in [-0.39, 0.29) is 6.04 Å². The average Bonchev–Trinajstić information content (AvgIpc) is 2.99. The van der Waals surface area contributed by atoms with E-state index in [4.69, 9.17) is 9.47 Å². The van der Waals surface area contributed by atoms with Gasteiger partial charge in [0.15, 0.2) is 0 Å². The molecule has 1 aromatic rings. The molecule has 6 nitrogen and oxygen atoms in total. The topological polar surface area (TPSA) is 76.7 Å². The van der Waals surface area contributed by atoms with Crippen molar-refractivity contribution < 1.29 is 17.9 Å². The molecule has 0 radical (unpaired) electrons. The maximum Gasteiger partial charge on any atom is 0.277 e. The zero-order valence-electron chi connectivity index (χ0n) is 13.1. The van der Waals surface area contributed by atoms with Crippen LogP contribution in [0.2, 0.25) is 0 Å². The van der Waals surface area contributed by atoms with E-state index in [1.807, 2.05) is 12.1 Å². The second-order valence-electron chi connectivity index (χ2n) is 5.42. The van der Waals surface area contributed by atoms with E-state index in [9.17, 15) is 8.42 Å². The molecule has 0 unspecified atom stereocenters. The molecule has 124 valence electrons. The molecule has 1 aliphatic carbocycles. The fourth-order valence-electron chi connectivity index (χ4n) is 2.68. The van der Waals surface area contributed by atoms with Crippen LogP contribution in [0, 0.1) is 0 Å². The Morgan fingerprint density at radius 3 is 2.55 bits per heavy atom. The lowest BCUT2D eigenvalue weighted by Gasteiger charge is -2.14. The molecular weight excluding hydrogens is 304 g/mol. The van der Waals surface area contributed by atoms with E-state index in [1.165, 1.54) is 0 Å². The van der Waals surface area contributed by atoms with Crippen LogP contribution in [-0.2, 0) is 16.6 Å². The van der Waals surface area contributed by atoms with Gasteiger partial charge in [-0.15, -0.1) is 0 Å². The summed E-state index contributed by atoms with van der Waals surface area (Å²) in [4.78, 5) is 0. The second kappa shape index (κ2) is 7.80. The molecule has 0 bridgehead atoms. The lowest BCUT2D eigenvalue weighted by atomic mass is 10.1. The van der Waals surface area contributed by atoms with Gasteiger partial charge in [0.25, 0.3) is 10.2 Å². The first-order chi connectivity index (χ1) is 10.5. The van der Waals surface area contributed by atoms with Gasteiger partial charge in [-0.2, -0.15) is 13.1 Å². The third-order valence-electron chi connectivity index (χ3n) is 3.86. The van der Waals surface area contributed by atoms with Crippen LogP contribution in [0.3, 0.4) is 0 Å². The van der Waals surface area contributed by atoms with Gasteiger partial charge in [0.1, 0.15) is 11.5 Å². The fourth-order valence-corrected chi connectivity index (χ4v) is 3.81. The molecule has 0 saturated heterocycles. The third-order valence-corrected chi connectivity index (χ3v) is 5.09. The van der Waals surface area contributed by atoms with Gasteiger partial charge in [0, 0.05) is 18.7 Å². The molecule has 1 fully saturated rings. The van der Waals surface area contributed by atoms with Gasteiger partial charge < -0.3 is 9.47 Å². The van der Waals surface area contributed by atoms with Crippen molar-refractivity contribution in [2.24, 2.45) is 0 Å². The Morgan fingerprint density at radius 1 is 1.18 bits per heavy atom. The Bertz CT molecular complexity index is 583. The van der Waals surface area contributed by atoms with Crippen LogP contribution in [0.15, 0.2) is 18.2 Å². The molecule has 1 aromatic carbocycles. The van der Waals surface area contributed by atoms with Crippen LogP contribution in [0.5, 0.6) is 11.5 Å². The van der Waals surface area contributed by atoms with Gasteiger partial charge in [0.05, 0.1) is 14.2 Å². The van der Waals surface area contributed by atoms with Crippen molar-refractivity contribution >= 4 is 10.2 Å². The molecule has 2 rings (SSSR count). The lowest BCUT2D eigenvalue weighted by Crippen LogP contribution is -2.42. The Morgan fingerprint density at radius 2 is 1.91 bits per heavy atom. The van der Waals surface area contributed by atoms with E-state index in [0.717, 1.165) is 31.2 Å². The fraction of sp³-hybridized carbons (Fsp3) is 0.600. The smallest absolute Gasteiger partial charge is 0.277 e. The monoisotopic (exact) mass is 328 g/mol. The highest BCUT2D eigenvalue weighted by Crippen LogP contribution is 2.24. The summed E-state index contributed by atoms with van der Waals surface area (Å²) < 4.78 is 39.7. The van der Waals surface area contributed by atoms with Crippen LogP contribution < -0.4 is 18.9 Å². The normalized spacial score (nSPS) is 15.9. The summed E-state index contributed by atoms with van der Waals surface area (Å²) in [6, 6.07) is 5.59. The molecule has 0 heterocycles. The molecular formula is C15H24N2O4S. The highest BCUT2D eigenvalue weighted by molar-refractivity contribution is 7.87. The van der Waals surface area contributed by atoms with Crippen LogP contribution in [0.25, 0.3) is 0 Å². The lowest BCUT2D eigenvalue weighted by molar-refractivity contribution is 0.391. The van der Waals surface area contributed by atoms with Crippen molar-refractivity contribution in [1.29, 1.82) is 0 Å². The zero-order valence-corrected chi connectivity index (χ0v) is 13.9. The summed E-state index contributed by atoms with van der Waals surface area (Å²) in [5, 5.41) is 0. The number of nitrogens with one attached hydrogen (secondary N) is 2. The molecule has 22 heavy (non-hydrogen) atoms. The van der Waals surface area contributed by atoms with Crippen molar-refractivity contribution in [3.63, 3.8) is 0 Å². The van der Waals surface area contributed by atoms with Gasteiger partial charge in [0.2, 0.25) is 0 Å². The Kier molecular flexibility index (Phi) is 6.05. The molecule has 0 amide bonds. The quantitative estimate of drug-likeness (QED) is 0.760. The minimum Gasteiger partial charge on any atom is -0.497 e. The van der Waals surface area contributed by atoms with Crippen molar-refractivity contribution in [1.82, 2.24) is 9.44 Å². The molecule has 2 N–H and O–H groups in total. The molecule has 0 aliphatic heterocycles. The summed E-state index contributed by atoms with van der Waals surface area (Å²) in [6.45, 7) is 0.324. The van der Waals surface area contributed by atoms with Crippen LogP contribution >= 0.6 is 0 Å². The molecule has 1 saturated carbocycles. The van der Waals surface area contributed by atoms with Crippen molar-refractivity contribution in [3.05, 3.63) is 23.8 Å². The third kappa shape index (κ3) is 4.86. The Balaban J connectivity index is 1.87. The second-order valence-corrected chi connectivity index (χ2v) is 6.96. The first-order valence-corrected chi connectivity index (χ1v) is 9.00. The number of ether oxygens (including phenoxy) is 2. The van der Waals surface area contributed by atoms with Gasteiger partial charge in [-0.05, 0) is 30.9 Å². The van der Waals surface area contributed by atoms with E-state index < -0.39 is 10.2 Å². The van der Waals surface area contributed by atoms with Gasteiger partial charge in [-0.1, -0.05) is 18.9 Å². The van der Waals surface area contributed by atoms with E-state index in [0.29, 0.717) is 24.5 Å². The van der Waals surface area contributed by atoms with Crippen molar-refractivity contribution in [2.75, 3.05) is 20.8 Å². The first-order valence-electron chi connectivity index (χ1n) is 7.52. The maximum atomic E-state index is 12.0. The summed E-state index contributed by atoms with van der Waals surface area (Å²) in [5.41, 5.74) is 0.937. The number of rotatable bonds is 8. The molecule has 0 atom stereocenters. The molecule has 0 aromatic heterocycles. The minimum absolute atomic E-state index is 0.0769. The van der Waals surface area contributed by atoms with Crippen molar-refractivity contribution in [2.45, 2.75) is 38.1 Å².